The van der Waals surface area contributed by atoms with Crippen LogP contribution >= 0.6 is 22.9 Å². The minimum atomic E-state index is -1.89. The summed E-state index contributed by atoms with van der Waals surface area (Å²) in [5.74, 6) is -3.53. The van der Waals surface area contributed by atoms with E-state index in [1.807, 2.05) is 43.3 Å². The van der Waals surface area contributed by atoms with Gasteiger partial charge >= 0.3 is 18.0 Å². The predicted octanol–water partition coefficient (Wildman–Crippen LogP) is 7.52. The van der Waals surface area contributed by atoms with Gasteiger partial charge in [-0.1, -0.05) is 80.0 Å². The van der Waals surface area contributed by atoms with Crippen LogP contribution in [0.1, 0.15) is 67.5 Å². The largest absolute Gasteiger partial charge is 0.496 e. The smallest absolute Gasteiger partial charge is 0.345 e. The van der Waals surface area contributed by atoms with E-state index in [9.17, 15) is 58.7 Å². The number of likely N-dealkylation sites (N-methyl/N-ethyl adjacent to an activating group) is 1. The van der Waals surface area contributed by atoms with E-state index in [2.05, 4.69) is 48.2 Å². The second kappa shape index (κ2) is 39.4. The van der Waals surface area contributed by atoms with Crippen molar-refractivity contribution in [2.75, 3.05) is 85.1 Å². The van der Waals surface area contributed by atoms with Crippen molar-refractivity contribution in [1.29, 1.82) is 0 Å². The molecule has 6 heterocycles. The van der Waals surface area contributed by atoms with Crippen molar-refractivity contribution >= 4 is 74.5 Å². The van der Waals surface area contributed by atoms with Crippen LogP contribution < -0.4 is 45.9 Å². The molecule has 3 aliphatic rings. The molecule has 2 saturated heterocycles. The molecule has 34 heteroatoms. The highest BCUT2D eigenvalue weighted by atomic mass is 35.5. The number of halogens is 2. The van der Waals surface area contributed by atoms with Crippen LogP contribution in [-0.2, 0) is 69.1 Å². The molecule has 0 spiro atoms. The van der Waals surface area contributed by atoms with E-state index in [1.54, 1.807) is 87.8 Å². The number of anilines is 1. The number of aromatic nitrogens is 4. The Morgan fingerprint density at radius 2 is 1.54 bits per heavy atom. The zero-order chi connectivity index (χ0) is 81.2. The van der Waals surface area contributed by atoms with E-state index in [4.69, 9.17) is 60.4 Å². The van der Waals surface area contributed by atoms with Crippen LogP contribution in [0.4, 0.5) is 14.9 Å². The van der Waals surface area contributed by atoms with Crippen LogP contribution in [0.2, 0.25) is 5.02 Å². The van der Waals surface area contributed by atoms with E-state index in [1.165, 1.54) is 47.5 Å². The monoisotopic (exact) mass is 1610 g/mol. The van der Waals surface area contributed by atoms with Crippen LogP contribution in [0.25, 0.3) is 43.2 Å². The maximum atomic E-state index is 14.6. The molecule has 114 heavy (non-hydrogen) atoms. The molecule has 0 radical (unpaired) electrons. The van der Waals surface area contributed by atoms with Crippen LogP contribution in [-0.4, -0.2) is 224 Å². The van der Waals surface area contributed by atoms with Gasteiger partial charge in [0.1, 0.15) is 84.4 Å². The number of primary amides is 1. The first-order valence-electron chi connectivity index (χ1n) is 37.2. The number of nitrogens with one attached hydrogen (secondary N) is 4. The number of carbonyl (C=O) groups excluding carboxylic acids is 4. The van der Waals surface area contributed by atoms with Crippen molar-refractivity contribution < 1.29 is 101 Å². The zero-order valence-electron chi connectivity index (χ0n) is 63.4. The number of para-hydroxylation sites is 2. The van der Waals surface area contributed by atoms with Gasteiger partial charge in [0, 0.05) is 72.1 Å². The number of aliphatic hydroxyl groups is 3. The Labute approximate surface area is 665 Å². The van der Waals surface area contributed by atoms with Gasteiger partial charge in [0.15, 0.2) is 24.5 Å². The Bertz CT molecular complexity index is 4720. The summed E-state index contributed by atoms with van der Waals surface area (Å²) >= 11 is 8.59. The standard InChI is InChI=1S/C80H92ClFN12O19S/c1-46(2)67(91-63(95)27-36-107-37-33-93-110-39-40-111-93)75(100)90-57(13-10-28-85-80(83)105)74(99)89-53-22-18-51(49(41-53)19-24-61-68(96)69(97)70(98)71(112-61)79(103)104)43-94(4)34-30-92(31-35-94)32-38-108-60-25-23-55(47(3)66(60)81)64-65-76(86-45-87-77(65)114-72(64)48-16-20-52(82)21-17-48)113-62(78(101)102)42-50-11-6-8-14-58(50)109-44-54-26-29-84-73(88-54)56-12-7-9-15-59(56)106-5/h6-9,11-12,14-18,20-23,25-26,29,39-41,45-46,57,61-62,67-71,96-98H,10,13,19,24,27-28,30-38,42-44H2,1-5H3,(H7-,83,85,89,90,91,95,99,100,101,102,103,104,105)/p+1/t57-,61-,62+,67-,68-,69+,70-,71-/m0/s1. The molecule has 2 fully saturated rings. The first-order chi connectivity index (χ1) is 54.8. The number of aliphatic hydroxyl groups excluding tert-OH is 3. The number of carboxylic acid groups (broad SMARTS) is 2. The number of piperazine rings is 1. The molecule has 0 unspecified atom stereocenters. The van der Waals surface area contributed by atoms with Crippen molar-refractivity contribution in [3.63, 3.8) is 0 Å². The van der Waals surface area contributed by atoms with Crippen molar-refractivity contribution in [1.82, 2.24) is 46.0 Å². The van der Waals surface area contributed by atoms with E-state index in [-0.39, 0.29) is 83.9 Å². The second-order valence-corrected chi connectivity index (χ2v) is 29.7. The number of carbonyl (C=O) groups is 6. The fourth-order valence-corrected chi connectivity index (χ4v) is 15.0. The number of nitrogens with zero attached hydrogens (tertiary/aromatic N) is 7. The summed E-state index contributed by atoms with van der Waals surface area (Å²) in [6.45, 7) is 9.82. The molecule has 5 aromatic carbocycles. The lowest BCUT2D eigenvalue weighted by atomic mass is 9.90. The first kappa shape index (κ1) is 84.2. The van der Waals surface area contributed by atoms with E-state index in [0.717, 1.165) is 5.56 Å². The third kappa shape index (κ3) is 21.8. The normalized spacial score (nSPS) is 18.2. The molecule has 3 aromatic heterocycles. The Hall–Kier alpha value is -10.7. The van der Waals surface area contributed by atoms with Gasteiger partial charge in [-0.3, -0.25) is 19.3 Å². The topological polar surface area (TPSA) is 410 Å². The summed E-state index contributed by atoms with van der Waals surface area (Å²) in [6, 6.07) is 28.1. The fraction of sp³-hybridized carbons (Fsp3) is 0.400. The number of methoxy groups -OCH3 is 1. The summed E-state index contributed by atoms with van der Waals surface area (Å²) in [5, 5.41) is 66.0. The first-order valence-corrected chi connectivity index (χ1v) is 38.4. The Kier molecular flexibility index (Phi) is 29.1. The molecule has 11 N–H and O–H groups in total. The molecule has 8 atom stereocenters. The molecule has 0 aliphatic carbocycles. The fourth-order valence-electron chi connectivity index (χ4n) is 13.6. The molecular formula is C80H93ClFN12O19S+. The number of thiophene rings is 1. The molecule has 0 bridgehead atoms. The lowest BCUT2D eigenvalue weighted by Gasteiger charge is -2.42. The number of carboxylic acids is 2. The van der Waals surface area contributed by atoms with Gasteiger partial charge in [0.25, 0.3) is 0 Å². The number of rotatable bonds is 38. The summed E-state index contributed by atoms with van der Waals surface area (Å²) in [5.41, 5.74) is 11.5. The van der Waals surface area contributed by atoms with Crippen LogP contribution in [0.15, 0.2) is 134 Å². The molecule has 0 saturated carbocycles. The average molecular weight is 1610 g/mol. The van der Waals surface area contributed by atoms with Crippen LogP contribution in [0.5, 0.6) is 23.1 Å². The number of aliphatic carboxylic acids is 2. The van der Waals surface area contributed by atoms with E-state index < -0.39 is 96.1 Å². The summed E-state index contributed by atoms with van der Waals surface area (Å²) in [4.78, 5) is 111. The Morgan fingerprint density at radius 3 is 2.27 bits per heavy atom. The summed E-state index contributed by atoms with van der Waals surface area (Å²) < 4.78 is 51.2. The highest BCUT2D eigenvalue weighted by Gasteiger charge is 2.47. The van der Waals surface area contributed by atoms with Crippen molar-refractivity contribution in [2.45, 2.75) is 121 Å². The average Bonchev–Trinajstić information content (AvgIpc) is 1.59. The van der Waals surface area contributed by atoms with Crippen LogP contribution in [0, 0.1) is 18.7 Å². The number of hydrogen-bond donors (Lipinski definition) is 10. The number of hydrogen-bond acceptors (Lipinski definition) is 24. The van der Waals surface area contributed by atoms with Crippen molar-refractivity contribution in [2.24, 2.45) is 11.7 Å². The number of nitrogens with two attached hydrogens (primary N) is 1. The second-order valence-electron chi connectivity index (χ2n) is 28.4. The third-order valence-electron chi connectivity index (χ3n) is 20.0. The van der Waals surface area contributed by atoms with Gasteiger partial charge in [0.2, 0.25) is 29.7 Å². The number of benzene rings is 5. The number of fused-ring (bicyclic) bond motifs is 1. The van der Waals surface area contributed by atoms with Crippen molar-refractivity contribution in [3.8, 4) is 56.1 Å². The van der Waals surface area contributed by atoms with Crippen LogP contribution in [0.3, 0.4) is 0 Å². The number of amides is 5. The molecule has 5 amide bonds. The molecule has 606 valence electrons. The number of urea groups is 1. The lowest BCUT2D eigenvalue weighted by molar-refractivity contribution is -0.926. The summed E-state index contributed by atoms with van der Waals surface area (Å²) in [7, 11) is 3.69. The summed E-state index contributed by atoms with van der Waals surface area (Å²) in [6.07, 6.45) is -4.07. The minimum absolute atomic E-state index is 0.00973. The van der Waals surface area contributed by atoms with Gasteiger partial charge in [-0.25, -0.2) is 38.7 Å². The van der Waals surface area contributed by atoms with Gasteiger partial charge in [-0.2, -0.15) is 0 Å². The molecule has 3 aliphatic heterocycles. The van der Waals surface area contributed by atoms with Gasteiger partial charge in [-0.15, -0.1) is 11.3 Å². The maximum Gasteiger partial charge on any atom is 0.345 e. The SMILES string of the molecule is COc1ccccc1-c1nccc(COc2ccccc2C[C@@H](Oc2ncnc3sc(-c4ccc(F)cc4)c(-c4ccc(OCCN5CC[N+](C)(Cc6ccc(NC(=O)[C@H](CCCNC(N)=O)NC(=O)[C@@H](NC(=O)CCOCCN7OC=CO7)C(C)C)cc6CC[C@@H]6O[C@H](C(=O)O)[C@@H](O)[C@H](O)[C@H]6O)CC5)c(Cl)c4C)c23)C(=O)O)n1. The lowest BCUT2D eigenvalue weighted by Crippen LogP contribution is -2.59. The number of quaternary nitrogens is 1. The number of hydroxylamine groups is 2. The van der Waals surface area contributed by atoms with Crippen molar-refractivity contribution in [3.05, 3.63) is 173 Å². The van der Waals surface area contributed by atoms with E-state index in [0.29, 0.717) is 137 Å². The number of aryl methyl sites for hydroxylation is 1. The third-order valence-corrected chi connectivity index (χ3v) is 21.6. The zero-order valence-corrected chi connectivity index (χ0v) is 65.0. The molecule has 11 rings (SSSR count). The van der Waals surface area contributed by atoms with Gasteiger partial charge < -0.3 is 95.1 Å². The highest BCUT2D eigenvalue weighted by molar-refractivity contribution is 7.22. The molecule has 8 aromatic rings. The maximum absolute atomic E-state index is 14.6. The van der Waals surface area contributed by atoms with Gasteiger partial charge in [0.05, 0.1) is 74.8 Å². The molecule has 31 nitrogen and oxygen atoms in total. The number of ether oxygens (including phenoxy) is 6. The molecular weight excluding hydrogens is 1520 g/mol. The highest BCUT2D eigenvalue weighted by Crippen LogP contribution is 2.50. The Morgan fingerprint density at radius 1 is 0.798 bits per heavy atom. The predicted molar refractivity (Wildman–Crippen MR) is 417 cm³/mol. The minimum Gasteiger partial charge on any atom is -0.496 e. The quantitative estimate of drug-likeness (QED) is 0.0132. The van der Waals surface area contributed by atoms with E-state index >= 15 is 0 Å². The Balaban J connectivity index is 0.760. The van der Waals surface area contributed by atoms with Gasteiger partial charge in [-0.05, 0) is 121 Å².